The lowest BCUT2D eigenvalue weighted by Crippen LogP contribution is -2.47. The van der Waals surface area contributed by atoms with Crippen LogP contribution in [0.5, 0.6) is 0 Å². The van der Waals surface area contributed by atoms with E-state index in [-0.39, 0.29) is 17.4 Å². The van der Waals surface area contributed by atoms with Gasteiger partial charge < -0.3 is 4.90 Å². The van der Waals surface area contributed by atoms with Gasteiger partial charge in [0, 0.05) is 30.0 Å². The van der Waals surface area contributed by atoms with Crippen molar-refractivity contribution in [1.82, 2.24) is 0 Å². The fourth-order valence-electron chi connectivity index (χ4n) is 2.07. The maximum absolute atomic E-state index is 12.7. The summed E-state index contributed by atoms with van der Waals surface area (Å²) in [4.78, 5) is 25.1. The van der Waals surface area contributed by atoms with E-state index in [2.05, 4.69) is 0 Å². The molecule has 0 aromatic heterocycles. The normalized spacial score (nSPS) is 11.0. The molecule has 5 nitrogen and oxygen atoms in total. The van der Waals surface area contributed by atoms with Crippen molar-refractivity contribution in [3.63, 3.8) is 0 Å². The first-order chi connectivity index (χ1) is 10.4. The summed E-state index contributed by atoms with van der Waals surface area (Å²) in [6.45, 7) is 3.03. The van der Waals surface area contributed by atoms with Crippen LogP contribution in [0.3, 0.4) is 0 Å². The minimum atomic E-state index is -1.24. The first-order valence-corrected chi connectivity index (χ1v) is 6.98. The summed E-state index contributed by atoms with van der Waals surface area (Å²) in [5.74, 6) is -0.248. The van der Waals surface area contributed by atoms with Gasteiger partial charge in [-0.1, -0.05) is 36.4 Å². The Morgan fingerprint density at radius 2 is 1.55 bits per heavy atom. The third-order valence-electron chi connectivity index (χ3n) is 3.37. The molecule has 0 aliphatic carbocycles. The van der Waals surface area contributed by atoms with E-state index in [0.29, 0.717) is 11.3 Å². The van der Waals surface area contributed by atoms with Crippen molar-refractivity contribution >= 4 is 11.6 Å². The molecule has 0 spiro atoms. The van der Waals surface area contributed by atoms with E-state index in [1.54, 1.807) is 48.5 Å². The van der Waals surface area contributed by atoms with Gasteiger partial charge in [-0.3, -0.25) is 14.9 Å². The molecule has 0 bridgehead atoms. The predicted octanol–water partition coefficient (Wildman–Crippen LogP) is 3.39. The van der Waals surface area contributed by atoms with Crippen LogP contribution in [-0.4, -0.2) is 22.9 Å². The summed E-state index contributed by atoms with van der Waals surface area (Å²) in [5, 5.41) is 11.2. The molecule has 2 aromatic rings. The van der Waals surface area contributed by atoms with Gasteiger partial charge in [-0.2, -0.15) is 0 Å². The van der Waals surface area contributed by atoms with Crippen molar-refractivity contribution in [3.8, 4) is 0 Å². The summed E-state index contributed by atoms with van der Waals surface area (Å²) < 4.78 is 0. The van der Waals surface area contributed by atoms with E-state index < -0.39 is 5.54 Å². The molecule has 22 heavy (non-hydrogen) atoms. The van der Waals surface area contributed by atoms with Gasteiger partial charge in [0.05, 0.1) is 6.54 Å². The Morgan fingerprint density at radius 1 is 1.05 bits per heavy atom. The molecule has 0 radical (unpaired) electrons. The van der Waals surface area contributed by atoms with Crippen molar-refractivity contribution in [1.29, 1.82) is 0 Å². The molecule has 1 amide bonds. The number of para-hydroxylation sites is 1. The zero-order chi connectivity index (χ0) is 16.2. The number of carbonyl (C=O) groups is 1. The molecule has 0 aliphatic rings. The highest BCUT2D eigenvalue weighted by Gasteiger charge is 2.36. The predicted molar refractivity (Wildman–Crippen MR) is 85.6 cm³/mol. The van der Waals surface area contributed by atoms with Crippen LogP contribution in [0, 0.1) is 10.1 Å². The lowest BCUT2D eigenvalue weighted by molar-refractivity contribution is -0.556. The Hall–Kier alpha value is -2.69. The second-order valence-corrected chi connectivity index (χ2v) is 5.66. The quantitative estimate of drug-likeness (QED) is 0.628. The van der Waals surface area contributed by atoms with Crippen LogP contribution in [0.1, 0.15) is 24.2 Å². The van der Waals surface area contributed by atoms with Gasteiger partial charge in [0.25, 0.3) is 5.91 Å². The summed E-state index contributed by atoms with van der Waals surface area (Å²) in [5.41, 5.74) is -0.0860. The van der Waals surface area contributed by atoms with E-state index >= 15 is 0 Å². The van der Waals surface area contributed by atoms with Gasteiger partial charge >= 0.3 is 0 Å². The number of rotatable bonds is 5. The Morgan fingerprint density at radius 3 is 2.05 bits per heavy atom. The highest BCUT2D eigenvalue weighted by atomic mass is 16.6. The topological polar surface area (TPSA) is 63.5 Å². The first-order valence-electron chi connectivity index (χ1n) is 6.98. The number of hydrogen-bond donors (Lipinski definition) is 0. The fraction of sp³-hybridized carbons (Fsp3) is 0.235. The molecule has 0 saturated carbocycles. The molecule has 0 fully saturated rings. The molecular weight excluding hydrogens is 280 g/mol. The van der Waals surface area contributed by atoms with Crippen LogP contribution in [-0.2, 0) is 0 Å². The minimum Gasteiger partial charge on any atom is -0.301 e. The van der Waals surface area contributed by atoms with Gasteiger partial charge in [0.1, 0.15) is 0 Å². The molecule has 2 rings (SSSR count). The zero-order valence-corrected chi connectivity index (χ0v) is 12.6. The maximum atomic E-state index is 12.7. The average molecular weight is 298 g/mol. The van der Waals surface area contributed by atoms with E-state index in [1.165, 1.54) is 18.7 Å². The zero-order valence-electron chi connectivity index (χ0n) is 12.6. The Kier molecular flexibility index (Phi) is 4.56. The third-order valence-corrected chi connectivity index (χ3v) is 3.37. The Bertz CT molecular complexity index is 654. The minimum absolute atomic E-state index is 0.00224. The summed E-state index contributed by atoms with van der Waals surface area (Å²) in [6.07, 6.45) is 0. The maximum Gasteiger partial charge on any atom is 0.258 e. The van der Waals surface area contributed by atoms with E-state index in [4.69, 9.17) is 0 Å². The lowest BCUT2D eigenvalue weighted by atomic mass is 10.0. The van der Waals surface area contributed by atoms with Crippen molar-refractivity contribution in [2.24, 2.45) is 0 Å². The molecule has 2 aromatic carbocycles. The third kappa shape index (κ3) is 3.49. The molecule has 0 N–H and O–H groups in total. The number of amides is 1. The van der Waals surface area contributed by atoms with Crippen LogP contribution >= 0.6 is 0 Å². The van der Waals surface area contributed by atoms with E-state index in [9.17, 15) is 14.9 Å². The van der Waals surface area contributed by atoms with Crippen molar-refractivity contribution in [2.45, 2.75) is 19.4 Å². The number of nitrogens with zero attached hydrogens (tertiary/aromatic N) is 2. The second kappa shape index (κ2) is 6.39. The highest BCUT2D eigenvalue weighted by molar-refractivity contribution is 6.06. The molecule has 0 atom stereocenters. The van der Waals surface area contributed by atoms with Gasteiger partial charge in [-0.05, 0) is 24.3 Å². The Balaban J connectivity index is 2.38. The van der Waals surface area contributed by atoms with Gasteiger partial charge in [0.2, 0.25) is 5.54 Å². The molecule has 0 heterocycles. The van der Waals surface area contributed by atoms with Crippen molar-refractivity contribution in [3.05, 3.63) is 76.3 Å². The van der Waals surface area contributed by atoms with E-state index in [0.717, 1.165) is 0 Å². The number of nitro groups is 1. The number of benzene rings is 2. The molecule has 114 valence electrons. The van der Waals surface area contributed by atoms with Crippen LogP contribution in [0.15, 0.2) is 60.7 Å². The second-order valence-electron chi connectivity index (χ2n) is 5.66. The fourth-order valence-corrected chi connectivity index (χ4v) is 2.07. The molecule has 5 heteroatoms. The monoisotopic (exact) mass is 298 g/mol. The SMILES string of the molecule is CC(C)(CN(C(=O)c1ccccc1)c1ccccc1)[N+](=O)[O-]. The van der Waals surface area contributed by atoms with Crippen LogP contribution in [0.2, 0.25) is 0 Å². The van der Waals surface area contributed by atoms with E-state index in [1.807, 2.05) is 12.1 Å². The number of anilines is 1. The van der Waals surface area contributed by atoms with Gasteiger partial charge in [0.15, 0.2) is 0 Å². The van der Waals surface area contributed by atoms with Crippen LogP contribution in [0.4, 0.5) is 5.69 Å². The molecule has 0 saturated heterocycles. The van der Waals surface area contributed by atoms with Crippen LogP contribution < -0.4 is 4.90 Å². The standard InChI is InChI=1S/C17H18N2O3/c1-17(2,19(21)22)13-18(15-11-7-4-8-12-15)16(20)14-9-5-3-6-10-14/h3-12H,13H2,1-2H3. The summed E-state index contributed by atoms with van der Waals surface area (Å²) in [7, 11) is 0. The van der Waals surface area contributed by atoms with Gasteiger partial charge in [-0.25, -0.2) is 0 Å². The number of carbonyl (C=O) groups excluding carboxylic acids is 1. The molecule has 0 unspecified atom stereocenters. The Labute approximate surface area is 129 Å². The largest absolute Gasteiger partial charge is 0.301 e. The first kappa shape index (κ1) is 15.7. The average Bonchev–Trinajstić information content (AvgIpc) is 2.53. The van der Waals surface area contributed by atoms with Gasteiger partial charge in [-0.15, -0.1) is 0 Å². The summed E-state index contributed by atoms with van der Waals surface area (Å²) in [6, 6.07) is 17.8. The number of hydrogen-bond acceptors (Lipinski definition) is 3. The highest BCUT2D eigenvalue weighted by Crippen LogP contribution is 2.21. The van der Waals surface area contributed by atoms with Crippen molar-refractivity contribution < 1.29 is 9.72 Å². The molecular formula is C17H18N2O3. The van der Waals surface area contributed by atoms with Crippen LogP contribution in [0.25, 0.3) is 0 Å². The summed E-state index contributed by atoms with van der Waals surface area (Å²) >= 11 is 0. The molecule has 0 aliphatic heterocycles. The smallest absolute Gasteiger partial charge is 0.258 e. The van der Waals surface area contributed by atoms with Crippen molar-refractivity contribution in [2.75, 3.05) is 11.4 Å². The lowest BCUT2D eigenvalue weighted by Gasteiger charge is -2.27.